The number of nitrogens with one attached hydrogen (secondary N) is 1. The van der Waals surface area contributed by atoms with E-state index in [0.717, 1.165) is 32.6 Å². The topological polar surface area (TPSA) is 78.5 Å². The van der Waals surface area contributed by atoms with Gasteiger partial charge in [-0.05, 0) is 73.2 Å². The van der Waals surface area contributed by atoms with E-state index < -0.39 is 0 Å². The van der Waals surface area contributed by atoms with Gasteiger partial charge in [0.25, 0.3) is 5.91 Å². The number of aromatic amines is 1. The second-order valence-electron chi connectivity index (χ2n) is 7.46. The molecule has 3 aromatic carbocycles. The van der Waals surface area contributed by atoms with Crippen LogP contribution in [0, 0.1) is 0 Å². The van der Waals surface area contributed by atoms with Gasteiger partial charge in [-0.2, -0.15) is 5.10 Å². The lowest BCUT2D eigenvalue weighted by molar-refractivity contribution is 0.0989. The first-order valence-corrected chi connectivity index (χ1v) is 11.1. The fraction of sp³-hybridized carbons (Fsp3) is 0.120. The Balaban J connectivity index is 1.66. The Kier molecular flexibility index (Phi) is 5.19. The molecule has 0 saturated carbocycles. The largest absolute Gasteiger partial charge is 0.508 e. The molecule has 1 amide bonds. The molecule has 4 aromatic rings. The standard InChI is InChI=1S/C25H20BrN3O3/c1-2-32-20-13-5-15(6-14-20)22-21-23(28-27-22)25(31)29(18-9-7-17(26)8-10-18)24(21)16-3-11-19(30)12-4-16/h3-14,24,30H,2H2,1H3,(H,27,28)/t24-/m0/s1. The minimum Gasteiger partial charge on any atom is -0.508 e. The van der Waals surface area contributed by atoms with Crippen molar-refractivity contribution in [1.29, 1.82) is 0 Å². The molecular weight excluding hydrogens is 470 g/mol. The summed E-state index contributed by atoms with van der Waals surface area (Å²) in [7, 11) is 0. The van der Waals surface area contributed by atoms with Gasteiger partial charge < -0.3 is 9.84 Å². The number of hydrogen-bond acceptors (Lipinski definition) is 4. The normalized spacial score (nSPS) is 15.1. The molecule has 7 heteroatoms. The first-order valence-electron chi connectivity index (χ1n) is 10.3. The quantitative estimate of drug-likeness (QED) is 0.377. The van der Waals surface area contributed by atoms with E-state index in [2.05, 4.69) is 26.1 Å². The van der Waals surface area contributed by atoms with Gasteiger partial charge in [-0.25, -0.2) is 0 Å². The first-order chi connectivity index (χ1) is 15.6. The molecule has 0 radical (unpaired) electrons. The lowest BCUT2D eigenvalue weighted by atomic mass is 9.95. The van der Waals surface area contributed by atoms with Crippen LogP contribution in [-0.4, -0.2) is 27.8 Å². The molecule has 32 heavy (non-hydrogen) atoms. The van der Waals surface area contributed by atoms with Crippen molar-refractivity contribution in [2.45, 2.75) is 13.0 Å². The van der Waals surface area contributed by atoms with E-state index in [1.165, 1.54) is 0 Å². The third-order valence-electron chi connectivity index (χ3n) is 5.52. The number of H-pyrrole nitrogens is 1. The molecule has 1 atom stereocenters. The van der Waals surface area contributed by atoms with Crippen molar-refractivity contribution in [3.8, 4) is 22.8 Å². The van der Waals surface area contributed by atoms with E-state index in [-0.39, 0.29) is 17.7 Å². The number of phenols is 1. The van der Waals surface area contributed by atoms with Gasteiger partial charge in [-0.15, -0.1) is 0 Å². The molecule has 0 spiro atoms. The molecule has 6 nitrogen and oxygen atoms in total. The SMILES string of the molecule is CCOc1ccc(-c2n[nH]c3c2[C@H](c2ccc(O)cc2)N(c2ccc(Br)cc2)C3=O)cc1. The van der Waals surface area contributed by atoms with Crippen LogP contribution in [0.2, 0.25) is 0 Å². The molecular formula is C25H20BrN3O3. The van der Waals surface area contributed by atoms with E-state index in [0.29, 0.717) is 18.0 Å². The molecule has 0 unspecified atom stereocenters. The van der Waals surface area contributed by atoms with Gasteiger partial charge in [0, 0.05) is 21.3 Å². The number of hydrogen-bond donors (Lipinski definition) is 2. The Bertz CT molecular complexity index is 1270. The molecule has 0 aliphatic carbocycles. The molecule has 1 aromatic heterocycles. The molecule has 5 rings (SSSR count). The summed E-state index contributed by atoms with van der Waals surface area (Å²) in [5, 5.41) is 17.3. The average molecular weight is 490 g/mol. The zero-order chi connectivity index (χ0) is 22.2. The minimum absolute atomic E-state index is 0.148. The number of halogens is 1. The van der Waals surface area contributed by atoms with Gasteiger partial charge in [0.15, 0.2) is 0 Å². The summed E-state index contributed by atoms with van der Waals surface area (Å²) in [5.41, 5.74) is 4.54. The summed E-state index contributed by atoms with van der Waals surface area (Å²) in [6.07, 6.45) is 0. The number of ether oxygens (including phenoxy) is 1. The van der Waals surface area contributed by atoms with Crippen LogP contribution in [0.1, 0.15) is 34.6 Å². The second-order valence-corrected chi connectivity index (χ2v) is 8.38. The van der Waals surface area contributed by atoms with Crippen LogP contribution < -0.4 is 9.64 Å². The summed E-state index contributed by atoms with van der Waals surface area (Å²) in [6, 6.07) is 21.9. The number of aromatic nitrogens is 2. The summed E-state index contributed by atoms with van der Waals surface area (Å²) in [5.74, 6) is 0.809. The zero-order valence-corrected chi connectivity index (χ0v) is 18.8. The second kappa shape index (κ2) is 8.16. The third kappa shape index (κ3) is 3.44. The predicted octanol–water partition coefficient (Wildman–Crippen LogP) is 5.69. The number of phenolic OH excluding ortho intramolecular Hbond substituents is 1. The maximum Gasteiger partial charge on any atom is 0.277 e. The van der Waals surface area contributed by atoms with E-state index in [1.54, 1.807) is 17.0 Å². The Hall–Kier alpha value is -3.58. The monoisotopic (exact) mass is 489 g/mol. The first kappa shape index (κ1) is 20.3. The van der Waals surface area contributed by atoms with Crippen LogP contribution in [0.5, 0.6) is 11.5 Å². The van der Waals surface area contributed by atoms with Crippen molar-refractivity contribution >= 4 is 27.5 Å². The average Bonchev–Trinajstić information content (AvgIpc) is 3.35. The van der Waals surface area contributed by atoms with Gasteiger partial charge in [-0.1, -0.05) is 28.1 Å². The lowest BCUT2D eigenvalue weighted by Crippen LogP contribution is -2.29. The number of amides is 1. The maximum absolute atomic E-state index is 13.5. The van der Waals surface area contributed by atoms with E-state index in [4.69, 9.17) is 4.74 Å². The van der Waals surface area contributed by atoms with Crippen LogP contribution in [-0.2, 0) is 0 Å². The number of carbonyl (C=O) groups is 1. The molecule has 1 aliphatic rings. The molecule has 0 fully saturated rings. The molecule has 2 N–H and O–H groups in total. The minimum atomic E-state index is -0.389. The fourth-order valence-electron chi connectivity index (χ4n) is 4.08. The van der Waals surface area contributed by atoms with Gasteiger partial charge in [0.2, 0.25) is 0 Å². The number of carbonyl (C=O) groups excluding carboxylic acids is 1. The van der Waals surface area contributed by atoms with Crippen LogP contribution in [0.4, 0.5) is 5.69 Å². The predicted molar refractivity (Wildman–Crippen MR) is 126 cm³/mol. The Morgan fingerprint density at radius 1 is 1.03 bits per heavy atom. The Morgan fingerprint density at radius 3 is 2.38 bits per heavy atom. The van der Waals surface area contributed by atoms with Crippen LogP contribution >= 0.6 is 15.9 Å². The molecule has 160 valence electrons. The molecule has 1 aliphatic heterocycles. The number of aromatic hydroxyl groups is 1. The van der Waals surface area contributed by atoms with E-state index in [9.17, 15) is 9.90 Å². The smallest absolute Gasteiger partial charge is 0.277 e. The fourth-order valence-corrected chi connectivity index (χ4v) is 4.35. The van der Waals surface area contributed by atoms with Gasteiger partial charge in [0.05, 0.1) is 18.3 Å². The van der Waals surface area contributed by atoms with Crippen molar-refractivity contribution < 1.29 is 14.6 Å². The highest BCUT2D eigenvalue weighted by molar-refractivity contribution is 9.10. The summed E-state index contributed by atoms with van der Waals surface area (Å²) >= 11 is 3.46. The Labute approximate surface area is 193 Å². The summed E-state index contributed by atoms with van der Waals surface area (Å²) in [6.45, 7) is 2.54. The number of fused-ring (bicyclic) bond motifs is 1. The van der Waals surface area contributed by atoms with Gasteiger partial charge in [0.1, 0.15) is 17.2 Å². The van der Waals surface area contributed by atoms with Crippen molar-refractivity contribution in [1.82, 2.24) is 10.2 Å². The highest BCUT2D eigenvalue weighted by Crippen LogP contribution is 2.45. The summed E-state index contributed by atoms with van der Waals surface area (Å²) in [4.78, 5) is 15.3. The van der Waals surface area contributed by atoms with Crippen LogP contribution in [0.3, 0.4) is 0 Å². The lowest BCUT2D eigenvalue weighted by Gasteiger charge is -2.26. The maximum atomic E-state index is 13.5. The highest BCUT2D eigenvalue weighted by Gasteiger charge is 2.43. The number of benzene rings is 3. The van der Waals surface area contributed by atoms with E-state index in [1.807, 2.05) is 67.6 Å². The van der Waals surface area contributed by atoms with Crippen molar-refractivity contribution in [2.75, 3.05) is 11.5 Å². The molecule has 0 saturated heterocycles. The molecule has 2 heterocycles. The van der Waals surface area contributed by atoms with Gasteiger partial charge >= 0.3 is 0 Å². The van der Waals surface area contributed by atoms with Crippen LogP contribution in [0.15, 0.2) is 77.3 Å². The number of anilines is 1. The van der Waals surface area contributed by atoms with Crippen molar-refractivity contribution in [3.05, 3.63) is 94.1 Å². The highest BCUT2D eigenvalue weighted by atomic mass is 79.9. The zero-order valence-electron chi connectivity index (χ0n) is 17.2. The van der Waals surface area contributed by atoms with Gasteiger partial charge in [-0.3, -0.25) is 14.8 Å². The number of rotatable bonds is 5. The van der Waals surface area contributed by atoms with Crippen molar-refractivity contribution in [3.63, 3.8) is 0 Å². The molecule has 0 bridgehead atoms. The van der Waals surface area contributed by atoms with Crippen LogP contribution in [0.25, 0.3) is 11.3 Å². The summed E-state index contributed by atoms with van der Waals surface area (Å²) < 4.78 is 6.49. The number of nitrogens with zero attached hydrogens (tertiary/aromatic N) is 2. The third-order valence-corrected chi connectivity index (χ3v) is 6.05. The van der Waals surface area contributed by atoms with E-state index >= 15 is 0 Å². The van der Waals surface area contributed by atoms with Crippen molar-refractivity contribution in [2.24, 2.45) is 0 Å². The Morgan fingerprint density at radius 2 is 1.72 bits per heavy atom.